The van der Waals surface area contributed by atoms with Gasteiger partial charge in [-0.25, -0.2) is 4.79 Å². The van der Waals surface area contributed by atoms with Gasteiger partial charge in [-0.15, -0.1) is 0 Å². The van der Waals surface area contributed by atoms with Gasteiger partial charge in [-0.05, 0) is 19.4 Å². The van der Waals surface area contributed by atoms with Crippen LogP contribution in [0.3, 0.4) is 0 Å². The second-order valence-electron chi connectivity index (χ2n) is 6.38. The molecule has 0 radical (unpaired) electrons. The van der Waals surface area contributed by atoms with E-state index in [-0.39, 0.29) is 11.7 Å². The van der Waals surface area contributed by atoms with Crippen LogP contribution in [0.15, 0.2) is 28.8 Å². The van der Waals surface area contributed by atoms with Crippen LogP contribution in [-0.4, -0.2) is 52.1 Å². The van der Waals surface area contributed by atoms with Crippen molar-refractivity contribution in [2.75, 3.05) is 31.5 Å². The van der Waals surface area contributed by atoms with Crippen molar-refractivity contribution in [1.82, 2.24) is 15.0 Å². The van der Waals surface area contributed by atoms with Gasteiger partial charge in [0, 0.05) is 50.9 Å². The summed E-state index contributed by atoms with van der Waals surface area (Å²) in [4.78, 5) is 26.8. The number of carbonyl (C=O) groups is 1. The summed E-state index contributed by atoms with van der Waals surface area (Å²) in [6.07, 6.45) is 0. The van der Waals surface area contributed by atoms with E-state index in [9.17, 15) is 14.9 Å². The normalized spacial score (nSPS) is 15.1. The molecular weight excluding hydrogens is 338 g/mol. The first kappa shape index (κ1) is 17.9. The van der Waals surface area contributed by atoms with Crippen LogP contribution in [0.5, 0.6) is 0 Å². The average molecular weight is 359 g/mol. The first-order valence-corrected chi connectivity index (χ1v) is 8.38. The highest BCUT2D eigenvalue weighted by Gasteiger charge is 2.22. The molecule has 1 saturated heterocycles. The fourth-order valence-electron chi connectivity index (χ4n) is 2.88. The van der Waals surface area contributed by atoms with Gasteiger partial charge in [-0.1, -0.05) is 11.2 Å². The summed E-state index contributed by atoms with van der Waals surface area (Å²) < 4.78 is 5.07. The lowest BCUT2D eigenvalue weighted by Gasteiger charge is -2.34. The molecule has 2 aromatic rings. The molecule has 0 unspecified atom stereocenters. The summed E-state index contributed by atoms with van der Waals surface area (Å²) in [5.41, 5.74) is 2.08. The van der Waals surface area contributed by atoms with E-state index in [0.29, 0.717) is 25.3 Å². The SMILES string of the molecule is Cc1cc(CN2CCN(C(=O)Nc3cc([N+](=O)[O-])ccc3C)CC2)no1. The number of nitrogens with one attached hydrogen (secondary N) is 1. The van der Waals surface area contributed by atoms with Crippen LogP contribution in [0.4, 0.5) is 16.2 Å². The van der Waals surface area contributed by atoms with E-state index in [1.807, 2.05) is 13.0 Å². The predicted octanol–water partition coefficient (Wildman–Crippen LogP) is 2.55. The van der Waals surface area contributed by atoms with Crippen LogP contribution < -0.4 is 5.32 Å². The zero-order chi connectivity index (χ0) is 18.7. The number of amides is 2. The maximum Gasteiger partial charge on any atom is 0.321 e. The number of carbonyl (C=O) groups excluding carboxylic acids is 1. The number of hydrogen-bond donors (Lipinski definition) is 1. The Balaban J connectivity index is 1.55. The Bertz CT molecular complexity index is 811. The highest BCUT2D eigenvalue weighted by molar-refractivity contribution is 5.90. The minimum Gasteiger partial charge on any atom is -0.361 e. The molecule has 1 N–H and O–H groups in total. The lowest BCUT2D eigenvalue weighted by Crippen LogP contribution is -2.49. The average Bonchev–Trinajstić information content (AvgIpc) is 3.02. The number of urea groups is 1. The van der Waals surface area contributed by atoms with Crippen LogP contribution in [0.2, 0.25) is 0 Å². The van der Waals surface area contributed by atoms with E-state index in [1.54, 1.807) is 17.9 Å². The molecular formula is C17H21N5O4. The van der Waals surface area contributed by atoms with E-state index in [0.717, 1.165) is 30.1 Å². The van der Waals surface area contributed by atoms with E-state index in [4.69, 9.17) is 4.52 Å². The van der Waals surface area contributed by atoms with Crippen LogP contribution in [0.25, 0.3) is 0 Å². The van der Waals surface area contributed by atoms with E-state index < -0.39 is 4.92 Å². The van der Waals surface area contributed by atoms with Crippen molar-refractivity contribution in [3.8, 4) is 0 Å². The standard InChI is InChI=1S/C17H21N5O4/c1-12-3-4-15(22(24)25)10-16(12)18-17(23)21-7-5-20(6-8-21)11-14-9-13(2)26-19-14/h3-4,9-10H,5-8,11H2,1-2H3,(H,18,23). The van der Waals surface area contributed by atoms with Crippen molar-refractivity contribution in [2.24, 2.45) is 0 Å². The molecule has 9 heteroatoms. The number of nitro benzene ring substituents is 1. The Hall–Kier alpha value is -2.94. The molecule has 0 bridgehead atoms. The van der Waals surface area contributed by atoms with Gasteiger partial charge in [0.2, 0.25) is 0 Å². The van der Waals surface area contributed by atoms with Gasteiger partial charge in [-0.3, -0.25) is 15.0 Å². The van der Waals surface area contributed by atoms with Gasteiger partial charge in [0.15, 0.2) is 0 Å². The number of anilines is 1. The van der Waals surface area contributed by atoms with E-state index in [2.05, 4.69) is 15.4 Å². The second kappa shape index (κ2) is 7.52. The largest absolute Gasteiger partial charge is 0.361 e. The van der Waals surface area contributed by atoms with Gasteiger partial charge in [0.1, 0.15) is 5.76 Å². The molecule has 26 heavy (non-hydrogen) atoms. The number of nitro groups is 1. The molecule has 3 rings (SSSR count). The highest BCUT2D eigenvalue weighted by Crippen LogP contribution is 2.22. The Labute approximate surface area is 150 Å². The van der Waals surface area contributed by atoms with Crippen LogP contribution in [0.1, 0.15) is 17.0 Å². The Morgan fingerprint density at radius 3 is 2.62 bits per heavy atom. The van der Waals surface area contributed by atoms with Crippen LogP contribution in [0, 0.1) is 24.0 Å². The molecule has 1 aliphatic heterocycles. The molecule has 0 atom stereocenters. The number of aromatic nitrogens is 1. The van der Waals surface area contributed by atoms with Crippen molar-refractivity contribution in [3.05, 3.63) is 51.4 Å². The molecule has 1 aromatic carbocycles. The zero-order valence-corrected chi connectivity index (χ0v) is 14.8. The van der Waals surface area contributed by atoms with Gasteiger partial charge in [-0.2, -0.15) is 0 Å². The number of hydrogen-bond acceptors (Lipinski definition) is 6. The number of benzene rings is 1. The summed E-state index contributed by atoms with van der Waals surface area (Å²) in [5, 5.41) is 17.7. The molecule has 0 spiro atoms. The topological polar surface area (TPSA) is 105 Å². The van der Waals surface area contributed by atoms with Gasteiger partial charge in [0.25, 0.3) is 5.69 Å². The minimum atomic E-state index is -0.473. The molecule has 2 heterocycles. The fraction of sp³-hybridized carbons (Fsp3) is 0.412. The minimum absolute atomic E-state index is 0.0429. The Morgan fingerprint density at radius 2 is 2.00 bits per heavy atom. The summed E-state index contributed by atoms with van der Waals surface area (Å²) >= 11 is 0. The second-order valence-corrected chi connectivity index (χ2v) is 6.38. The monoisotopic (exact) mass is 359 g/mol. The molecule has 2 amide bonds. The smallest absolute Gasteiger partial charge is 0.321 e. The van der Waals surface area contributed by atoms with Crippen LogP contribution in [-0.2, 0) is 6.54 Å². The number of non-ortho nitro benzene ring substituents is 1. The first-order valence-electron chi connectivity index (χ1n) is 8.38. The van der Waals surface area contributed by atoms with Crippen molar-refractivity contribution < 1.29 is 14.2 Å². The molecule has 138 valence electrons. The third-order valence-corrected chi connectivity index (χ3v) is 4.40. The summed E-state index contributed by atoms with van der Waals surface area (Å²) in [6.45, 7) is 6.97. The van der Waals surface area contributed by atoms with Crippen molar-refractivity contribution in [3.63, 3.8) is 0 Å². The quantitative estimate of drug-likeness (QED) is 0.664. The Morgan fingerprint density at radius 1 is 1.27 bits per heavy atom. The van der Waals surface area contributed by atoms with Gasteiger partial charge < -0.3 is 14.7 Å². The van der Waals surface area contributed by atoms with E-state index in [1.165, 1.54) is 12.1 Å². The van der Waals surface area contributed by atoms with E-state index >= 15 is 0 Å². The zero-order valence-electron chi connectivity index (χ0n) is 14.8. The van der Waals surface area contributed by atoms with Crippen LogP contribution >= 0.6 is 0 Å². The number of aryl methyl sites for hydroxylation is 2. The maximum absolute atomic E-state index is 12.5. The lowest BCUT2D eigenvalue weighted by atomic mass is 10.2. The molecule has 1 aromatic heterocycles. The lowest BCUT2D eigenvalue weighted by molar-refractivity contribution is -0.384. The highest BCUT2D eigenvalue weighted by atomic mass is 16.6. The molecule has 0 aliphatic carbocycles. The predicted molar refractivity (Wildman–Crippen MR) is 94.9 cm³/mol. The number of nitrogens with zero attached hydrogens (tertiary/aromatic N) is 4. The maximum atomic E-state index is 12.5. The molecule has 0 saturated carbocycles. The number of piperazine rings is 1. The molecule has 1 aliphatic rings. The number of rotatable bonds is 4. The van der Waals surface area contributed by atoms with Crippen molar-refractivity contribution in [1.29, 1.82) is 0 Å². The summed E-state index contributed by atoms with van der Waals surface area (Å²) in [7, 11) is 0. The summed E-state index contributed by atoms with van der Waals surface area (Å²) in [6, 6.07) is 6.10. The molecule has 9 nitrogen and oxygen atoms in total. The molecule has 1 fully saturated rings. The van der Waals surface area contributed by atoms with Crippen molar-refractivity contribution >= 4 is 17.4 Å². The first-order chi connectivity index (χ1) is 12.4. The third-order valence-electron chi connectivity index (χ3n) is 4.40. The van der Waals surface area contributed by atoms with Gasteiger partial charge in [0.05, 0.1) is 16.3 Å². The van der Waals surface area contributed by atoms with Gasteiger partial charge >= 0.3 is 6.03 Å². The van der Waals surface area contributed by atoms with Crippen molar-refractivity contribution in [2.45, 2.75) is 20.4 Å². The fourth-order valence-corrected chi connectivity index (χ4v) is 2.88. The third kappa shape index (κ3) is 4.17. The summed E-state index contributed by atoms with van der Waals surface area (Å²) in [5.74, 6) is 0.783. The Kier molecular flexibility index (Phi) is 5.17.